The van der Waals surface area contributed by atoms with Crippen molar-refractivity contribution in [3.8, 4) is 0 Å². The molecule has 20 heavy (non-hydrogen) atoms. The average molecular weight is 287 g/mol. The monoisotopic (exact) mass is 287 g/mol. The molecule has 0 aliphatic heterocycles. The van der Waals surface area contributed by atoms with Gasteiger partial charge >= 0.3 is 0 Å². The van der Waals surface area contributed by atoms with Crippen molar-refractivity contribution in [2.24, 2.45) is 0 Å². The van der Waals surface area contributed by atoms with Crippen molar-refractivity contribution < 1.29 is 4.79 Å². The summed E-state index contributed by atoms with van der Waals surface area (Å²) in [6.07, 6.45) is 1.71. The number of nitrogens with zero attached hydrogens (tertiary/aromatic N) is 4. The molecule has 0 spiro atoms. The maximum atomic E-state index is 12.0. The lowest BCUT2D eigenvalue weighted by atomic mass is 10.2. The summed E-state index contributed by atoms with van der Waals surface area (Å²) in [4.78, 5) is 16.1. The molecule has 0 saturated heterocycles. The molecule has 2 aromatic heterocycles. The second-order valence-corrected chi connectivity index (χ2v) is 4.63. The van der Waals surface area contributed by atoms with E-state index < -0.39 is 0 Å². The molecule has 1 aromatic carbocycles. The van der Waals surface area contributed by atoms with E-state index in [-0.39, 0.29) is 11.9 Å². The van der Waals surface area contributed by atoms with Crippen LogP contribution in [0.25, 0.3) is 0 Å². The van der Waals surface area contributed by atoms with E-state index in [4.69, 9.17) is 0 Å². The van der Waals surface area contributed by atoms with Crippen molar-refractivity contribution in [3.63, 3.8) is 0 Å². The fourth-order valence-corrected chi connectivity index (χ4v) is 2.08. The number of H-pyrrole nitrogens is 1. The molecule has 0 radical (unpaired) electrons. The molecular weight excluding hydrogens is 278 g/mol. The molecule has 0 fully saturated rings. The van der Waals surface area contributed by atoms with E-state index in [1.165, 1.54) is 11.3 Å². The van der Waals surface area contributed by atoms with Gasteiger partial charge in [-0.2, -0.15) is 5.21 Å². The lowest BCUT2D eigenvalue weighted by Crippen LogP contribution is -2.13. The Bertz CT molecular complexity index is 695. The summed E-state index contributed by atoms with van der Waals surface area (Å²) >= 11 is 1.48. The molecule has 0 unspecified atom stereocenters. The zero-order valence-electron chi connectivity index (χ0n) is 10.1. The van der Waals surface area contributed by atoms with Crippen LogP contribution < -0.4 is 10.6 Å². The van der Waals surface area contributed by atoms with E-state index in [9.17, 15) is 4.79 Å². The number of carbonyl (C=O) groups is 1. The number of hydrogen-bond acceptors (Lipinski definition) is 7. The molecule has 3 aromatic rings. The van der Waals surface area contributed by atoms with Crippen molar-refractivity contribution in [1.29, 1.82) is 0 Å². The highest BCUT2D eigenvalue weighted by atomic mass is 32.1. The Balaban J connectivity index is 1.75. The number of nitrogens with one attached hydrogen (secondary N) is 3. The fraction of sp³-hybridized carbons (Fsp3) is 0. The van der Waals surface area contributed by atoms with E-state index in [0.717, 1.165) is 10.8 Å². The molecule has 0 aliphatic carbocycles. The summed E-state index contributed by atoms with van der Waals surface area (Å²) in [5.74, 6) is -0.178. The van der Waals surface area contributed by atoms with Crippen LogP contribution in [0.3, 0.4) is 0 Å². The fourth-order valence-electron chi connectivity index (χ4n) is 1.54. The van der Waals surface area contributed by atoms with Crippen molar-refractivity contribution in [1.82, 2.24) is 25.6 Å². The standard InChI is InChI=1S/C11H9N7OS/c19-9(14-10-15-17-18-16-10)7-2-1-3-8(6-7)13-11-12-4-5-20-11/h1-6H,(H,12,13)(H2,14,15,16,17,18,19). The van der Waals surface area contributed by atoms with Crippen molar-refractivity contribution >= 4 is 34.0 Å². The maximum Gasteiger partial charge on any atom is 0.270 e. The predicted molar refractivity (Wildman–Crippen MR) is 74.0 cm³/mol. The van der Waals surface area contributed by atoms with E-state index in [1.807, 2.05) is 11.4 Å². The normalized spacial score (nSPS) is 10.2. The second kappa shape index (κ2) is 5.45. The number of hydrogen-bond donors (Lipinski definition) is 3. The van der Waals surface area contributed by atoms with Crippen LogP contribution in [0.15, 0.2) is 35.8 Å². The molecule has 1 amide bonds. The number of amides is 1. The smallest absolute Gasteiger partial charge is 0.270 e. The molecular formula is C11H9N7OS. The van der Waals surface area contributed by atoms with E-state index in [0.29, 0.717) is 5.56 Å². The Hall–Kier alpha value is -2.81. The minimum atomic E-state index is -0.311. The van der Waals surface area contributed by atoms with Gasteiger partial charge in [-0.25, -0.2) is 4.98 Å². The third-order valence-electron chi connectivity index (χ3n) is 2.38. The van der Waals surface area contributed by atoms with Gasteiger partial charge in [-0.15, -0.1) is 16.4 Å². The first-order chi connectivity index (χ1) is 9.81. The average Bonchev–Trinajstić information content (AvgIpc) is 3.12. The Labute approximate surface area is 117 Å². The maximum absolute atomic E-state index is 12.0. The van der Waals surface area contributed by atoms with Crippen LogP contribution in [0.5, 0.6) is 0 Å². The number of aromatic amines is 1. The summed E-state index contributed by atoms with van der Waals surface area (Å²) < 4.78 is 0. The first-order valence-corrected chi connectivity index (χ1v) is 6.50. The first kappa shape index (κ1) is 12.2. The third kappa shape index (κ3) is 2.78. The third-order valence-corrected chi connectivity index (χ3v) is 3.07. The SMILES string of the molecule is O=C(Nc1nn[nH]n1)c1cccc(Nc2nccs2)c1. The predicted octanol–water partition coefficient (Wildman–Crippen LogP) is 1.65. The molecule has 9 heteroatoms. The van der Waals surface area contributed by atoms with Gasteiger partial charge in [0, 0.05) is 22.8 Å². The van der Waals surface area contributed by atoms with Crippen LogP contribution in [0, 0.1) is 0 Å². The Morgan fingerprint density at radius 2 is 2.30 bits per heavy atom. The number of aromatic nitrogens is 5. The molecule has 3 rings (SSSR count). The van der Waals surface area contributed by atoms with Gasteiger partial charge in [-0.1, -0.05) is 11.2 Å². The largest absolute Gasteiger partial charge is 0.332 e. The first-order valence-electron chi connectivity index (χ1n) is 5.62. The molecule has 2 heterocycles. The van der Waals surface area contributed by atoms with Crippen molar-refractivity contribution in [2.75, 3.05) is 10.6 Å². The van der Waals surface area contributed by atoms with Gasteiger partial charge in [-0.05, 0) is 23.4 Å². The topological polar surface area (TPSA) is 108 Å². The Morgan fingerprint density at radius 1 is 1.35 bits per heavy atom. The van der Waals surface area contributed by atoms with Crippen LogP contribution in [0.4, 0.5) is 16.8 Å². The molecule has 0 saturated carbocycles. The molecule has 100 valence electrons. The highest BCUT2D eigenvalue weighted by Crippen LogP contribution is 2.19. The summed E-state index contributed by atoms with van der Waals surface area (Å²) in [6.45, 7) is 0. The number of thiazole rings is 1. The summed E-state index contributed by atoms with van der Waals surface area (Å²) in [5.41, 5.74) is 1.26. The molecule has 8 nitrogen and oxygen atoms in total. The Kier molecular flexibility index (Phi) is 3.33. The van der Waals surface area contributed by atoms with Crippen LogP contribution in [0.2, 0.25) is 0 Å². The molecule has 0 bridgehead atoms. The van der Waals surface area contributed by atoms with Gasteiger partial charge < -0.3 is 5.32 Å². The lowest BCUT2D eigenvalue weighted by molar-refractivity contribution is 0.102. The van der Waals surface area contributed by atoms with Crippen LogP contribution in [-0.2, 0) is 0 Å². The summed E-state index contributed by atoms with van der Waals surface area (Å²) in [5, 5.41) is 21.2. The van der Waals surface area contributed by atoms with Crippen molar-refractivity contribution in [3.05, 3.63) is 41.4 Å². The van der Waals surface area contributed by atoms with Gasteiger partial charge in [0.1, 0.15) is 0 Å². The Morgan fingerprint density at radius 3 is 3.05 bits per heavy atom. The lowest BCUT2D eigenvalue weighted by Gasteiger charge is -2.05. The minimum Gasteiger partial charge on any atom is -0.332 e. The van der Waals surface area contributed by atoms with Crippen molar-refractivity contribution in [2.45, 2.75) is 0 Å². The summed E-state index contributed by atoms with van der Waals surface area (Å²) in [6, 6.07) is 7.05. The summed E-state index contributed by atoms with van der Waals surface area (Å²) in [7, 11) is 0. The number of benzene rings is 1. The highest BCUT2D eigenvalue weighted by molar-refractivity contribution is 7.13. The number of carbonyl (C=O) groups excluding carboxylic acids is 1. The zero-order valence-corrected chi connectivity index (χ0v) is 10.9. The quantitative estimate of drug-likeness (QED) is 0.673. The molecule has 0 aliphatic rings. The van der Waals surface area contributed by atoms with E-state index in [2.05, 4.69) is 36.2 Å². The zero-order chi connectivity index (χ0) is 13.8. The van der Waals surface area contributed by atoms with Crippen LogP contribution >= 0.6 is 11.3 Å². The van der Waals surface area contributed by atoms with Crippen LogP contribution in [-0.4, -0.2) is 31.5 Å². The van der Waals surface area contributed by atoms with Gasteiger partial charge in [-0.3, -0.25) is 10.1 Å². The second-order valence-electron chi connectivity index (χ2n) is 3.73. The van der Waals surface area contributed by atoms with Gasteiger partial charge in [0.2, 0.25) is 0 Å². The van der Waals surface area contributed by atoms with Crippen LogP contribution in [0.1, 0.15) is 10.4 Å². The number of rotatable bonds is 4. The number of anilines is 3. The number of tetrazole rings is 1. The van der Waals surface area contributed by atoms with Gasteiger partial charge in [0.25, 0.3) is 11.9 Å². The van der Waals surface area contributed by atoms with E-state index in [1.54, 1.807) is 24.4 Å². The highest BCUT2D eigenvalue weighted by Gasteiger charge is 2.09. The molecule has 3 N–H and O–H groups in total. The van der Waals surface area contributed by atoms with E-state index >= 15 is 0 Å². The van der Waals surface area contributed by atoms with Gasteiger partial charge in [0.05, 0.1) is 0 Å². The van der Waals surface area contributed by atoms with Gasteiger partial charge in [0.15, 0.2) is 5.13 Å². The minimum absolute atomic E-state index is 0.133. The molecule has 0 atom stereocenters.